The Kier molecular flexibility index (Phi) is 3.20. The highest BCUT2D eigenvalue weighted by atomic mass is 16.5. The van der Waals surface area contributed by atoms with E-state index in [1.807, 2.05) is 0 Å². The van der Waals surface area contributed by atoms with Gasteiger partial charge in [-0.3, -0.25) is 0 Å². The molecule has 6 heteroatoms. The maximum atomic E-state index is 10.3. The molecule has 0 rings (SSSR count). The van der Waals surface area contributed by atoms with Gasteiger partial charge in [-0.2, -0.15) is 0 Å². The molecule has 0 spiro atoms. The Balaban J connectivity index is 3.72. The molecular formula is C4H8N2O4. The van der Waals surface area contributed by atoms with Crippen LogP contribution in [0.15, 0.2) is 0 Å². The maximum absolute atomic E-state index is 10.3. The molecule has 58 valence electrons. The number of hydrogen-bond donors (Lipinski definition) is 3. The normalized spacial score (nSPS) is 11.8. The summed E-state index contributed by atoms with van der Waals surface area (Å²) in [6.45, 7) is 0. The number of esters is 1. The number of methoxy groups -OCH3 is 1. The third-order valence-corrected chi connectivity index (χ3v) is 0.703. The zero-order valence-electron chi connectivity index (χ0n) is 5.33. The fourth-order valence-electron chi connectivity index (χ4n) is 0.305. The summed E-state index contributed by atoms with van der Waals surface area (Å²) in [6, 6.07) is -0.988. The minimum atomic E-state index is -1.68. The van der Waals surface area contributed by atoms with E-state index in [0.717, 1.165) is 7.11 Å². The predicted octanol–water partition coefficient (Wildman–Crippen LogP) is -1.85. The fraction of sp³-hybridized carbons (Fsp3) is 0.500. The first-order valence-electron chi connectivity index (χ1n) is 2.39. The fourth-order valence-corrected chi connectivity index (χ4v) is 0.305. The minimum absolute atomic E-state index is 0.959. The van der Waals surface area contributed by atoms with Crippen molar-refractivity contribution in [1.29, 1.82) is 0 Å². The van der Waals surface area contributed by atoms with Crippen LogP contribution in [0.4, 0.5) is 4.79 Å². The summed E-state index contributed by atoms with van der Waals surface area (Å²) >= 11 is 0. The van der Waals surface area contributed by atoms with Gasteiger partial charge in [0.25, 0.3) is 0 Å². The van der Waals surface area contributed by atoms with Crippen LogP contribution in [0.25, 0.3) is 0 Å². The second-order valence-corrected chi connectivity index (χ2v) is 1.43. The molecule has 0 saturated heterocycles. The van der Waals surface area contributed by atoms with Crippen LogP contribution in [0.1, 0.15) is 0 Å². The number of nitrogens with one attached hydrogen (secondary N) is 1. The molecule has 0 aliphatic heterocycles. The van der Waals surface area contributed by atoms with Crippen LogP contribution in [0, 0.1) is 0 Å². The average Bonchev–Trinajstić information content (AvgIpc) is 1.85. The van der Waals surface area contributed by atoms with E-state index >= 15 is 0 Å². The second-order valence-electron chi connectivity index (χ2n) is 1.43. The number of carbonyl (C=O) groups is 2. The van der Waals surface area contributed by atoms with E-state index in [4.69, 9.17) is 5.11 Å². The first kappa shape index (κ1) is 8.70. The van der Waals surface area contributed by atoms with Crippen LogP contribution in [-0.4, -0.2) is 30.4 Å². The van der Waals surface area contributed by atoms with E-state index in [1.165, 1.54) is 0 Å². The molecule has 0 aromatic heterocycles. The highest BCUT2D eigenvalue weighted by Crippen LogP contribution is 1.79. The van der Waals surface area contributed by atoms with Crippen molar-refractivity contribution < 1.29 is 19.4 Å². The third kappa shape index (κ3) is 2.88. The molecular weight excluding hydrogens is 140 g/mol. The Labute approximate surface area is 57.0 Å². The number of aliphatic hydroxyl groups is 1. The van der Waals surface area contributed by atoms with Gasteiger partial charge in [-0.15, -0.1) is 0 Å². The lowest BCUT2D eigenvalue weighted by molar-refractivity contribution is -0.151. The summed E-state index contributed by atoms with van der Waals surface area (Å²) in [5, 5.41) is 10.3. The van der Waals surface area contributed by atoms with Crippen molar-refractivity contribution in [3.05, 3.63) is 0 Å². The van der Waals surface area contributed by atoms with Crippen molar-refractivity contribution in [2.24, 2.45) is 5.73 Å². The molecule has 4 N–H and O–H groups in total. The Morgan fingerprint density at radius 1 is 1.70 bits per heavy atom. The number of hydrogen-bond acceptors (Lipinski definition) is 4. The summed E-state index contributed by atoms with van der Waals surface area (Å²) in [6.07, 6.45) is -1.68. The van der Waals surface area contributed by atoms with Crippen molar-refractivity contribution in [2.45, 2.75) is 6.23 Å². The Morgan fingerprint density at radius 3 is 2.50 bits per heavy atom. The molecule has 0 aliphatic rings. The predicted molar refractivity (Wildman–Crippen MR) is 30.7 cm³/mol. The van der Waals surface area contributed by atoms with Gasteiger partial charge in [0.2, 0.25) is 6.23 Å². The lowest BCUT2D eigenvalue weighted by atomic mass is 10.6. The van der Waals surface area contributed by atoms with Gasteiger partial charge in [-0.1, -0.05) is 0 Å². The van der Waals surface area contributed by atoms with Crippen molar-refractivity contribution in [3.8, 4) is 0 Å². The summed E-state index contributed by atoms with van der Waals surface area (Å²) < 4.78 is 4.05. The van der Waals surface area contributed by atoms with Gasteiger partial charge >= 0.3 is 12.0 Å². The van der Waals surface area contributed by atoms with E-state index in [-0.39, 0.29) is 0 Å². The van der Waals surface area contributed by atoms with Crippen molar-refractivity contribution >= 4 is 12.0 Å². The molecule has 0 fully saturated rings. The maximum Gasteiger partial charge on any atom is 0.356 e. The Hall–Kier alpha value is -1.30. The van der Waals surface area contributed by atoms with Crippen LogP contribution < -0.4 is 11.1 Å². The molecule has 0 unspecified atom stereocenters. The van der Waals surface area contributed by atoms with E-state index in [1.54, 1.807) is 5.32 Å². The summed E-state index contributed by atoms with van der Waals surface area (Å²) in [7, 11) is 1.08. The van der Waals surface area contributed by atoms with Gasteiger partial charge in [-0.05, 0) is 0 Å². The zero-order valence-corrected chi connectivity index (χ0v) is 5.33. The number of ether oxygens (including phenoxy) is 1. The molecule has 0 aliphatic carbocycles. The second kappa shape index (κ2) is 3.67. The van der Waals surface area contributed by atoms with E-state index < -0.39 is 18.2 Å². The standard InChI is InChI=1S/C4H8N2O4/c1-10-3(8)2(7)6-4(5)9/h2,7H,1H3,(H3,5,6,9)/t2-/m0/s1. The molecule has 0 heterocycles. The Morgan fingerprint density at radius 2 is 2.20 bits per heavy atom. The SMILES string of the molecule is COC(=O)[C@H](O)NC(N)=O. The number of nitrogens with two attached hydrogens (primary N) is 1. The van der Waals surface area contributed by atoms with Gasteiger partial charge in [0.15, 0.2) is 0 Å². The third-order valence-electron chi connectivity index (χ3n) is 0.703. The van der Waals surface area contributed by atoms with Gasteiger partial charge < -0.3 is 20.9 Å². The Bertz CT molecular complexity index is 146. The first-order valence-corrected chi connectivity index (χ1v) is 2.39. The topological polar surface area (TPSA) is 102 Å². The van der Waals surface area contributed by atoms with E-state index in [9.17, 15) is 9.59 Å². The molecule has 1 atom stereocenters. The van der Waals surface area contributed by atoms with Crippen LogP contribution in [0.5, 0.6) is 0 Å². The van der Waals surface area contributed by atoms with E-state index in [0.29, 0.717) is 0 Å². The number of urea groups is 1. The van der Waals surface area contributed by atoms with Crippen molar-refractivity contribution in [1.82, 2.24) is 5.32 Å². The molecule has 0 bridgehead atoms. The van der Waals surface area contributed by atoms with Crippen molar-refractivity contribution in [3.63, 3.8) is 0 Å². The first-order chi connectivity index (χ1) is 4.57. The number of primary amides is 1. The number of carbonyl (C=O) groups excluding carboxylic acids is 2. The lowest BCUT2D eigenvalue weighted by Crippen LogP contribution is -2.43. The number of amides is 2. The number of aliphatic hydroxyl groups excluding tert-OH is 1. The summed E-state index contributed by atoms with van der Waals surface area (Å²) in [5.74, 6) is -0.959. The minimum Gasteiger partial charge on any atom is -0.466 e. The van der Waals surface area contributed by atoms with Crippen LogP contribution in [-0.2, 0) is 9.53 Å². The van der Waals surface area contributed by atoms with Crippen molar-refractivity contribution in [2.75, 3.05) is 7.11 Å². The lowest BCUT2D eigenvalue weighted by Gasteiger charge is -2.06. The van der Waals surface area contributed by atoms with Crippen LogP contribution in [0.3, 0.4) is 0 Å². The van der Waals surface area contributed by atoms with E-state index in [2.05, 4.69) is 10.5 Å². The average molecular weight is 148 g/mol. The molecule has 0 radical (unpaired) electrons. The van der Waals surface area contributed by atoms with Crippen LogP contribution >= 0.6 is 0 Å². The molecule has 0 aromatic rings. The summed E-state index contributed by atoms with van der Waals surface area (Å²) in [5.41, 5.74) is 4.57. The zero-order chi connectivity index (χ0) is 8.15. The largest absolute Gasteiger partial charge is 0.466 e. The van der Waals surface area contributed by atoms with Gasteiger partial charge in [0, 0.05) is 0 Å². The van der Waals surface area contributed by atoms with Gasteiger partial charge in [0.05, 0.1) is 7.11 Å². The highest BCUT2D eigenvalue weighted by Gasteiger charge is 2.15. The number of rotatable bonds is 2. The molecule has 6 nitrogen and oxygen atoms in total. The smallest absolute Gasteiger partial charge is 0.356 e. The molecule has 2 amide bonds. The molecule has 0 aromatic carbocycles. The van der Waals surface area contributed by atoms with Crippen LogP contribution in [0.2, 0.25) is 0 Å². The monoisotopic (exact) mass is 148 g/mol. The molecule has 0 saturated carbocycles. The van der Waals surface area contributed by atoms with Gasteiger partial charge in [0.1, 0.15) is 0 Å². The summed E-state index contributed by atoms with van der Waals surface area (Å²) in [4.78, 5) is 20.3. The highest BCUT2D eigenvalue weighted by molar-refractivity contribution is 5.81. The molecule has 10 heavy (non-hydrogen) atoms. The van der Waals surface area contributed by atoms with Gasteiger partial charge in [-0.25, -0.2) is 9.59 Å². The quantitative estimate of drug-likeness (QED) is 0.316.